The second-order valence-corrected chi connectivity index (χ2v) is 6.73. The smallest absolute Gasteiger partial charge is 0.338 e. The fourth-order valence-corrected chi connectivity index (χ4v) is 4.06. The van der Waals surface area contributed by atoms with E-state index in [1.54, 1.807) is 11.3 Å². The molecule has 3 rings (SSSR count). The van der Waals surface area contributed by atoms with Crippen molar-refractivity contribution in [3.8, 4) is 0 Å². The van der Waals surface area contributed by atoms with Gasteiger partial charge in [0.2, 0.25) is 0 Å². The molecule has 0 amide bonds. The standard InChI is InChI=1S/C14H13NO2S2/c16-14(17)10-8-9-4-1-2-5-11(9)15-13(10)19-12-6-3-7-18-12/h3,6-8H,1-2,4-5H2,(H,16,17). The predicted molar refractivity (Wildman–Crippen MR) is 76.3 cm³/mol. The van der Waals surface area contributed by atoms with Crippen LogP contribution in [0.25, 0.3) is 0 Å². The van der Waals surface area contributed by atoms with E-state index < -0.39 is 5.97 Å². The van der Waals surface area contributed by atoms with Gasteiger partial charge in [-0.2, -0.15) is 0 Å². The van der Waals surface area contributed by atoms with Crippen molar-refractivity contribution < 1.29 is 9.90 Å². The molecule has 0 saturated carbocycles. The van der Waals surface area contributed by atoms with Crippen LogP contribution in [0.2, 0.25) is 0 Å². The summed E-state index contributed by atoms with van der Waals surface area (Å²) in [6, 6.07) is 5.77. The zero-order chi connectivity index (χ0) is 13.2. The average Bonchev–Trinajstić information content (AvgIpc) is 2.90. The minimum absolute atomic E-state index is 0.332. The molecule has 0 radical (unpaired) electrons. The maximum Gasteiger partial charge on any atom is 0.338 e. The molecular weight excluding hydrogens is 278 g/mol. The molecule has 1 aliphatic rings. The number of carboxylic acid groups (broad SMARTS) is 1. The Bertz CT molecular complexity index is 608. The highest BCUT2D eigenvalue weighted by Gasteiger charge is 2.19. The number of aromatic carboxylic acids is 1. The molecule has 2 aromatic heterocycles. The lowest BCUT2D eigenvalue weighted by atomic mass is 9.95. The number of aryl methyl sites for hydroxylation is 2. The molecule has 0 aliphatic heterocycles. The van der Waals surface area contributed by atoms with E-state index in [0.29, 0.717) is 10.6 Å². The van der Waals surface area contributed by atoms with Crippen molar-refractivity contribution in [2.24, 2.45) is 0 Å². The van der Waals surface area contributed by atoms with Crippen LogP contribution in [-0.4, -0.2) is 16.1 Å². The van der Waals surface area contributed by atoms with Crippen molar-refractivity contribution in [2.75, 3.05) is 0 Å². The third-order valence-electron chi connectivity index (χ3n) is 3.19. The Hall–Kier alpha value is -1.33. The van der Waals surface area contributed by atoms with Crippen LogP contribution in [-0.2, 0) is 12.8 Å². The van der Waals surface area contributed by atoms with E-state index >= 15 is 0 Å². The molecule has 5 heteroatoms. The van der Waals surface area contributed by atoms with Crippen molar-refractivity contribution in [2.45, 2.75) is 34.9 Å². The van der Waals surface area contributed by atoms with Crippen molar-refractivity contribution in [3.05, 3.63) is 40.4 Å². The molecule has 2 aromatic rings. The molecule has 0 spiro atoms. The summed E-state index contributed by atoms with van der Waals surface area (Å²) in [5, 5.41) is 12.0. The highest BCUT2D eigenvalue weighted by Crippen LogP contribution is 2.34. The summed E-state index contributed by atoms with van der Waals surface area (Å²) in [7, 11) is 0. The number of aromatic nitrogens is 1. The SMILES string of the molecule is O=C(O)c1cc2c(nc1Sc1cccs1)CCCC2. The predicted octanol–water partition coefficient (Wildman–Crippen LogP) is 3.87. The van der Waals surface area contributed by atoms with Crippen LogP contribution in [0, 0.1) is 0 Å². The summed E-state index contributed by atoms with van der Waals surface area (Å²) in [6.45, 7) is 0. The molecule has 1 aliphatic carbocycles. The third kappa shape index (κ3) is 2.67. The number of nitrogens with zero attached hydrogens (tertiary/aromatic N) is 1. The van der Waals surface area contributed by atoms with Gasteiger partial charge in [-0.15, -0.1) is 11.3 Å². The van der Waals surface area contributed by atoms with Gasteiger partial charge in [-0.3, -0.25) is 0 Å². The van der Waals surface area contributed by atoms with Gasteiger partial charge in [0, 0.05) is 5.69 Å². The van der Waals surface area contributed by atoms with Crippen molar-refractivity contribution >= 4 is 29.1 Å². The van der Waals surface area contributed by atoms with E-state index in [1.807, 2.05) is 23.6 Å². The van der Waals surface area contributed by atoms with E-state index in [0.717, 1.165) is 41.1 Å². The van der Waals surface area contributed by atoms with Gasteiger partial charge >= 0.3 is 5.97 Å². The van der Waals surface area contributed by atoms with E-state index in [9.17, 15) is 9.90 Å². The highest BCUT2D eigenvalue weighted by molar-refractivity contribution is 8.01. The van der Waals surface area contributed by atoms with Crippen LogP contribution in [0.5, 0.6) is 0 Å². The van der Waals surface area contributed by atoms with Gasteiger partial charge in [0.05, 0.1) is 9.77 Å². The number of pyridine rings is 1. The monoisotopic (exact) mass is 291 g/mol. The number of carbonyl (C=O) groups is 1. The summed E-state index contributed by atoms with van der Waals surface area (Å²) in [5.74, 6) is -0.889. The van der Waals surface area contributed by atoms with Gasteiger partial charge in [-0.1, -0.05) is 17.8 Å². The minimum Gasteiger partial charge on any atom is -0.478 e. The number of hydrogen-bond acceptors (Lipinski definition) is 4. The van der Waals surface area contributed by atoms with E-state index in [2.05, 4.69) is 4.98 Å². The number of fused-ring (bicyclic) bond motifs is 1. The van der Waals surface area contributed by atoms with E-state index in [-0.39, 0.29) is 0 Å². The Kier molecular flexibility index (Phi) is 3.57. The number of hydrogen-bond donors (Lipinski definition) is 1. The Morgan fingerprint density at radius 1 is 1.37 bits per heavy atom. The van der Waals surface area contributed by atoms with Crippen molar-refractivity contribution in [3.63, 3.8) is 0 Å². The molecule has 2 heterocycles. The third-order valence-corrected chi connectivity index (χ3v) is 5.23. The Morgan fingerprint density at radius 3 is 2.95 bits per heavy atom. The largest absolute Gasteiger partial charge is 0.478 e. The molecule has 0 fully saturated rings. The first-order valence-corrected chi connectivity index (χ1v) is 7.91. The van der Waals surface area contributed by atoms with Crippen LogP contribution in [0.15, 0.2) is 32.8 Å². The molecule has 0 atom stereocenters. The normalized spacial score (nSPS) is 14.1. The summed E-state index contributed by atoms with van der Waals surface area (Å²) in [6.07, 6.45) is 4.19. The van der Waals surface area contributed by atoms with Gasteiger partial charge in [0.25, 0.3) is 0 Å². The Balaban J connectivity index is 2.03. The van der Waals surface area contributed by atoms with Crippen LogP contribution in [0.4, 0.5) is 0 Å². The minimum atomic E-state index is -0.889. The molecule has 1 N–H and O–H groups in total. The van der Waals surface area contributed by atoms with Gasteiger partial charge < -0.3 is 5.11 Å². The first kappa shape index (κ1) is 12.7. The fourth-order valence-electron chi connectivity index (χ4n) is 2.26. The molecule has 0 saturated heterocycles. The lowest BCUT2D eigenvalue weighted by molar-refractivity contribution is 0.0692. The van der Waals surface area contributed by atoms with Crippen LogP contribution in [0.1, 0.15) is 34.5 Å². The second kappa shape index (κ2) is 5.35. The zero-order valence-corrected chi connectivity index (χ0v) is 11.9. The fraction of sp³-hybridized carbons (Fsp3) is 0.286. The van der Waals surface area contributed by atoms with Gasteiger partial charge in [-0.05, 0) is 48.8 Å². The second-order valence-electron chi connectivity index (χ2n) is 4.49. The Labute approximate surface area is 119 Å². The molecule has 0 unspecified atom stereocenters. The van der Waals surface area contributed by atoms with E-state index in [4.69, 9.17) is 0 Å². The first-order valence-electron chi connectivity index (χ1n) is 6.21. The van der Waals surface area contributed by atoms with Crippen LogP contribution >= 0.6 is 23.1 Å². The van der Waals surface area contributed by atoms with E-state index in [1.165, 1.54) is 11.8 Å². The van der Waals surface area contributed by atoms with Gasteiger partial charge in [0.15, 0.2) is 0 Å². The lowest BCUT2D eigenvalue weighted by Crippen LogP contribution is -2.10. The first-order chi connectivity index (χ1) is 9.24. The van der Waals surface area contributed by atoms with Crippen molar-refractivity contribution in [1.29, 1.82) is 0 Å². The van der Waals surface area contributed by atoms with Crippen molar-refractivity contribution in [1.82, 2.24) is 4.98 Å². The Morgan fingerprint density at radius 2 is 2.21 bits per heavy atom. The molecule has 98 valence electrons. The van der Waals surface area contributed by atoms with Gasteiger partial charge in [0.1, 0.15) is 5.03 Å². The molecule has 0 bridgehead atoms. The number of rotatable bonds is 3. The van der Waals surface area contributed by atoms with Crippen LogP contribution in [0.3, 0.4) is 0 Å². The van der Waals surface area contributed by atoms with Crippen LogP contribution < -0.4 is 0 Å². The highest BCUT2D eigenvalue weighted by atomic mass is 32.2. The molecule has 19 heavy (non-hydrogen) atoms. The summed E-state index contributed by atoms with van der Waals surface area (Å²) < 4.78 is 1.07. The van der Waals surface area contributed by atoms with Gasteiger partial charge in [-0.25, -0.2) is 9.78 Å². The summed E-state index contributed by atoms with van der Waals surface area (Å²) in [5.41, 5.74) is 2.52. The topological polar surface area (TPSA) is 50.2 Å². The summed E-state index contributed by atoms with van der Waals surface area (Å²) >= 11 is 3.05. The maximum absolute atomic E-state index is 11.4. The quantitative estimate of drug-likeness (QED) is 0.932. The number of carboxylic acids is 1. The zero-order valence-electron chi connectivity index (χ0n) is 10.3. The maximum atomic E-state index is 11.4. The molecule has 3 nitrogen and oxygen atoms in total. The molecule has 0 aromatic carbocycles. The average molecular weight is 291 g/mol. The summed E-state index contributed by atoms with van der Waals surface area (Å²) in [4.78, 5) is 16.0. The number of thiophene rings is 1. The molecular formula is C14H13NO2S2. The lowest BCUT2D eigenvalue weighted by Gasteiger charge is -2.16.